The molecule has 102 valence electrons. The number of nitrogens with one attached hydrogen (secondary N) is 1. The van der Waals surface area contributed by atoms with Gasteiger partial charge in [0.25, 0.3) is 0 Å². The standard InChI is InChI=1S/C15H18FNO2/c1-10-4-7-15(19-10)11(2)17-9-12-5-6-13(18-3)8-14(12)16/h4-8,11,17H,9H2,1-3H3. The quantitative estimate of drug-likeness (QED) is 0.895. The Morgan fingerprint density at radius 3 is 2.68 bits per heavy atom. The number of halogens is 1. The highest BCUT2D eigenvalue weighted by Crippen LogP contribution is 2.19. The van der Waals surface area contributed by atoms with E-state index in [0.717, 1.165) is 11.5 Å². The minimum absolute atomic E-state index is 0.0372. The van der Waals surface area contributed by atoms with Crippen LogP contribution in [0.5, 0.6) is 5.75 Å². The number of aryl methyl sites for hydroxylation is 1. The van der Waals surface area contributed by atoms with E-state index in [-0.39, 0.29) is 11.9 Å². The molecule has 0 aliphatic heterocycles. The molecule has 1 atom stereocenters. The zero-order valence-electron chi connectivity index (χ0n) is 11.4. The summed E-state index contributed by atoms with van der Waals surface area (Å²) in [6.07, 6.45) is 0. The molecule has 0 saturated carbocycles. The lowest BCUT2D eigenvalue weighted by Gasteiger charge is -2.12. The summed E-state index contributed by atoms with van der Waals surface area (Å²) >= 11 is 0. The number of benzene rings is 1. The van der Waals surface area contributed by atoms with Crippen LogP contribution in [0.15, 0.2) is 34.7 Å². The van der Waals surface area contributed by atoms with Gasteiger partial charge in [0.15, 0.2) is 0 Å². The van der Waals surface area contributed by atoms with Crippen molar-refractivity contribution in [1.82, 2.24) is 5.32 Å². The SMILES string of the molecule is COc1ccc(CNC(C)c2ccc(C)o2)c(F)c1. The molecule has 1 aromatic carbocycles. The van der Waals surface area contributed by atoms with Crippen molar-refractivity contribution in [3.8, 4) is 5.75 Å². The minimum Gasteiger partial charge on any atom is -0.497 e. The molecule has 0 radical (unpaired) electrons. The molecule has 1 N–H and O–H groups in total. The van der Waals surface area contributed by atoms with E-state index in [4.69, 9.17) is 9.15 Å². The molecule has 1 heterocycles. The zero-order chi connectivity index (χ0) is 13.8. The van der Waals surface area contributed by atoms with E-state index in [1.165, 1.54) is 13.2 Å². The molecule has 4 heteroatoms. The van der Waals surface area contributed by atoms with E-state index in [1.807, 2.05) is 26.0 Å². The maximum absolute atomic E-state index is 13.8. The normalized spacial score (nSPS) is 12.4. The summed E-state index contributed by atoms with van der Waals surface area (Å²) in [6, 6.07) is 8.75. The average molecular weight is 263 g/mol. The second kappa shape index (κ2) is 5.89. The Kier molecular flexibility index (Phi) is 4.22. The van der Waals surface area contributed by atoms with Crippen molar-refractivity contribution in [3.63, 3.8) is 0 Å². The van der Waals surface area contributed by atoms with Gasteiger partial charge in [0.1, 0.15) is 23.1 Å². The summed E-state index contributed by atoms with van der Waals surface area (Å²) < 4.78 is 24.2. The van der Waals surface area contributed by atoms with Crippen LogP contribution in [0.4, 0.5) is 4.39 Å². The van der Waals surface area contributed by atoms with E-state index in [2.05, 4.69) is 5.32 Å². The molecule has 1 unspecified atom stereocenters. The molecule has 0 amide bonds. The summed E-state index contributed by atoms with van der Waals surface area (Å²) in [7, 11) is 1.52. The molecule has 3 nitrogen and oxygen atoms in total. The van der Waals surface area contributed by atoms with Crippen LogP contribution in [0.25, 0.3) is 0 Å². The first-order chi connectivity index (χ1) is 9.10. The molecule has 2 rings (SSSR count). The highest BCUT2D eigenvalue weighted by molar-refractivity contribution is 5.28. The second-order valence-corrected chi connectivity index (χ2v) is 4.51. The minimum atomic E-state index is -0.269. The van der Waals surface area contributed by atoms with Crippen molar-refractivity contribution in [2.45, 2.75) is 26.4 Å². The number of rotatable bonds is 5. The highest BCUT2D eigenvalue weighted by atomic mass is 19.1. The first-order valence-electron chi connectivity index (χ1n) is 6.22. The van der Waals surface area contributed by atoms with E-state index in [1.54, 1.807) is 12.1 Å². The third-order valence-corrected chi connectivity index (χ3v) is 3.05. The molecular weight excluding hydrogens is 245 g/mol. The smallest absolute Gasteiger partial charge is 0.131 e. The zero-order valence-corrected chi connectivity index (χ0v) is 11.4. The lowest BCUT2D eigenvalue weighted by atomic mass is 10.2. The Morgan fingerprint density at radius 1 is 1.32 bits per heavy atom. The fraction of sp³-hybridized carbons (Fsp3) is 0.333. The molecule has 0 aliphatic rings. The number of furan rings is 1. The van der Waals surface area contributed by atoms with Crippen LogP contribution in [0, 0.1) is 12.7 Å². The van der Waals surface area contributed by atoms with Gasteiger partial charge in [-0.25, -0.2) is 4.39 Å². The van der Waals surface area contributed by atoms with E-state index in [9.17, 15) is 4.39 Å². The van der Waals surface area contributed by atoms with Crippen molar-refractivity contribution in [3.05, 3.63) is 53.2 Å². The largest absolute Gasteiger partial charge is 0.497 e. The molecule has 0 saturated heterocycles. The van der Waals surface area contributed by atoms with Crippen LogP contribution in [0.3, 0.4) is 0 Å². The van der Waals surface area contributed by atoms with Gasteiger partial charge in [-0.2, -0.15) is 0 Å². The predicted molar refractivity (Wildman–Crippen MR) is 71.7 cm³/mol. The first-order valence-corrected chi connectivity index (χ1v) is 6.22. The van der Waals surface area contributed by atoms with Crippen LogP contribution in [-0.2, 0) is 6.54 Å². The van der Waals surface area contributed by atoms with Crippen molar-refractivity contribution in [2.75, 3.05) is 7.11 Å². The van der Waals surface area contributed by atoms with Crippen LogP contribution < -0.4 is 10.1 Å². The monoisotopic (exact) mass is 263 g/mol. The van der Waals surface area contributed by atoms with Crippen molar-refractivity contribution < 1.29 is 13.5 Å². The van der Waals surface area contributed by atoms with Crippen molar-refractivity contribution in [1.29, 1.82) is 0 Å². The van der Waals surface area contributed by atoms with Gasteiger partial charge >= 0.3 is 0 Å². The number of methoxy groups -OCH3 is 1. The number of hydrogen-bond acceptors (Lipinski definition) is 3. The van der Waals surface area contributed by atoms with Gasteiger partial charge in [-0.1, -0.05) is 6.07 Å². The average Bonchev–Trinajstić information content (AvgIpc) is 2.83. The van der Waals surface area contributed by atoms with Gasteiger partial charge in [-0.3, -0.25) is 0 Å². The van der Waals surface area contributed by atoms with Crippen LogP contribution in [0.1, 0.15) is 30.0 Å². The summed E-state index contributed by atoms with van der Waals surface area (Å²) in [5.41, 5.74) is 0.607. The Bertz CT molecular complexity index is 551. The molecule has 0 bridgehead atoms. The van der Waals surface area contributed by atoms with E-state index >= 15 is 0 Å². The number of hydrogen-bond donors (Lipinski definition) is 1. The summed E-state index contributed by atoms with van der Waals surface area (Å²) in [6.45, 7) is 4.33. The fourth-order valence-electron chi connectivity index (χ4n) is 1.85. The Balaban J connectivity index is 1.98. The lowest BCUT2D eigenvalue weighted by molar-refractivity contribution is 0.406. The molecule has 1 aromatic heterocycles. The first kappa shape index (κ1) is 13.6. The van der Waals surface area contributed by atoms with Crippen LogP contribution >= 0.6 is 0 Å². The van der Waals surface area contributed by atoms with Crippen LogP contribution in [0.2, 0.25) is 0 Å². The van der Waals surface area contributed by atoms with Gasteiger partial charge in [0, 0.05) is 18.2 Å². The van der Waals surface area contributed by atoms with Gasteiger partial charge in [0.2, 0.25) is 0 Å². The highest BCUT2D eigenvalue weighted by Gasteiger charge is 2.10. The molecular formula is C15H18FNO2. The second-order valence-electron chi connectivity index (χ2n) is 4.51. The third-order valence-electron chi connectivity index (χ3n) is 3.05. The maximum Gasteiger partial charge on any atom is 0.131 e. The van der Waals surface area contributed by atoms with E-state index in [0.29, 0.717) is 17.9 Å². The topological polar surface area (TPSA) is 34.4 Å². The van der Waals surface area contributed by atoms with Gasteiger partial charge < -0.3 is 14.5 Å². The Hall–Kier alpha value is -1.81. The number of ether oxygens (including phenoxy) is 1. The Labute approximate surface area is 112 Å². The van der Waals surface area contributed by atoms with Gasteiger partial charge in [0.05, 0.1) is 13.2 Å². The summed E-state index contributed by atoms with van der Waals surface area (Å²) in [5.74, 6) is 1.98. The van der Waals surface area contributed by atoms with E-state index < -0.39 is 0 Å². The van der Waals surface area contributed by atoms with Crippen LogP contribution in [-0.4, -0.2) is 7.11 Å². The van der Waals surface area contributed by atoms with Crippen molar-refractivity contribution in [2.24, 2.45) is 0 Å². The molecule has 0 aliphatic carbocycles. The fourth-order valence-corrected chi connectivity index (χ4v) is 1.85. The summed E-state index contributed by atoms with van der Waals surface area (Å²) in [5, 5.41) is 3.23. The lowest BCUT2D eigenvalue weighted by Crippen LogP contribution is -2.18. The summed E-state index contributed by atoms with van der Waals surface area (Å²) in [4.78, 5) is 0. The van der Waals surface area contributed by atoms with Crippen molar-refractivity contribution >= 4 is 0 Å². The molecule has 0 spiro atoms. The molecule has 19 heavy (non-hydrogen) atoms. The van der Waals surface area contributed by atoms with Gasteiger partial charge in [-0.05, 0) is 32.0 Å². The molecule has 0 fully saturated rings. The molecule has 2 aromatic rings. The van der Waals surface area contributed by atoms with Gasteiger partial charge in [-0.15, -0.1) is 0 Å². The Morgan fingerprint density at radius 2 is 2.11 bits per heavy atom. The maximum atomic E-state index is 13.8. The third kappa shape index (κ3) is 3.35. The predicted octanol–water partition coefficient (Wildman–Crippen LogP) is 3.59.